The van der Waals surface area contributed by atoms with Crippen LogP contribution < -0.4 is 0 Å². The summed E-state index contributed by atoms with van der Waals surface area (Å²) in [5.74, 6) is -1.29. The molecule has 3 saturated heterocycles. The van der Waals surface area contributed by atoms with Gasteiger partial charge in [0.05, 0.1) is 6.61 Å². The lowest BCUT2D eigenvalue weighted by molar-refractivity contribution is -0.370. The van der Waals surface area contributed by atoms with E-state index in [9.17, 15) is 0 Å². The Bertz CT molecular complexity index is 369. The van der Waals surface area contributed by atoms with Crippen molar-refractivity contribution < 1.29 is 28.4 Å². The molecule has 0 aromatic heterocycles. The molecule has 0 radical (unpaired) electrons. The summed E-state index contributed by atoms with van der Waals surface area (Å²) in [6, 6.07) is 0. The molecule has 20 heavy (non-hydrogen) atoms. The van der Waals surface area contributed by atoms with Crippen LogP contribution in [0.3, 0.4) is 0 Å². The van der Waals surface area contributed by atoms with Crippen LogP contribution in [0.5, 0.6) is 0 Å². The molecule has 0 aromatic carbocycles. The minimum atomic E-state index is -0.658. The minimum Gasteiger partial charge on any atom is -0.350 e. The third-order valence-corrected chi connectivity index (χ3v) is 3.78. The van der Waals surface area contributed by atoms with Crippen LogP contribution in [-0.4, -0.2) is 55.5 Å². The highest BCUT2D eigenvalue weighted by atomic mass is 16.8. The van der Waals surface area contributed by atoms with Gasteiger partial charge < -0.3 is 28.4 Å². The predicted molar refractivity (Wildman–Crippen MR) is 69.0 cm³/mol. The molecule has 0 spiro atoms. The molecule has 3 rings (SSSR count). The van der Waals surface area contributed by atoms with Crippen LogP contribution in [0.15, 0.2) is 0 Å². The standard InChI is InChI=1S/C14H24O6/c1-6-15-12-11-10(19-14(4,5)20-11)9-8(17-12)7-16-13(2,3)18-9/h8-12H,6-7H2,1-5H3/t8?,9-,10?,11?,12+/m1/s1. The van der Waals surface area contributed by atoms with Crippen LogP contribution in [-0.2, 0) is 28.4 Å². The molecule has 3 aliphatic heterocycles. The van der Waals surface area contributed by atoms with Gasteiger partial charge in [0.2, 0.25) is 0 Å². The monoisotopic (exact) mass is 288 g/mol. The maximum Gasteiger partial charge on any atom is 0.187 e. The van der Waals surface area contributed by atoms with Gasteiger partial charge >= 0.3 is 0 Å². The van der Waals surface area contributed by atoms with Crippen LogP contribution in [0, 0.1) is 0 Å². The number of ether oxygens (including phenoxy) is 6. The average Bonchev–Trinajstić information content (AvgIpc) is 2.66. The Kier molecular flexibility index (Phi) is 3.60. The quantitative estimate of drug-likeness (QED) is 0.766. The molecule has 0 aliphatic carbocycles. The smallest absolute Gasteiger partial charge is 0.187 e. The second-order valence-corrected chi connectivity index (χ2v) is 6.36. The molecular formula is C14H24O6. The van der Waals surface area contributed by atoms with Crippen molar-refractivity contribution in [3.8, 4) is 0 Å². The summed E-state index contributed by atoms with van der Waals surface area (Å²) in [5, 5.41) is 0. The summed E-state index contributed by atoms with van der Waals surface area (Å²) in [7, 11) is 0. The van der Waals surface area contributed by atoms with E-state index in [0.29, 0.717) is 13.2 Å². The predicted octanol–water partition coefficient (Wildman–Crippen LogP) is 1.42. The van der Waals surface area contributed by atoms with E-state index in [4.69, 9.17) is 28.4 Å². The molecule has 6 nitrogen and oxygen atoms in total. The van der Waals surface area contributed by atoms with E-state index >= 15 is 0 Å². The summed E-state index contributed by atoms with van der Waals surface area (Å²) in [4.78, 5) is 0. The first-order valence-electron chi connectivity index (χ1n) is 7.26. The second kappa shape index (κ2) is 4.90. The summed E-state index contributed by atoms with van der Waals surface area (Å²) < 4.78 is 35.2. The molecule has 5 atom stereocenters. The molecule has 0 N–H and O–H groups in total. The van der Waals surface area contributed by atoms with Gasteiger partial charge in [-0.1, -0.05) is 0 Å². The number of rotatable bonds is 2. The van der Waals surface area contributed by atoms with Gasteiger partial charge in [-0.3, -0.25) is 0 Å². The fraction of sp³-hybridized carbons (Fsp3) is 1.00. The number of hydrogen-bond donors (Lipinski definition) is 0. The van der Waals surface area contributed by atoms with E-state index in [2.05, 4.69) is 0 Å². The van der Waals surface area contributed by atoms with Crippen molar-refractivity contribution in [3.63, 3.8) is 0 Å². The first kappa shape index (κ1) is 14.7. The Morgan fingerprint density at radius 1 is 0.950 bits per heavy atom. The minimum absolute atomic E-state index is 0.196. The van der Waals surface area contributed by atoms with Gasteiger partial charge in [0, 0.05) is 6.61 Å². The zero-order chi connectivity index (χ0) is 14.5. The van der Waals surface area contributed by atoms with Crippen LogP contribution in [0.25, 0.3) is 0 Å². The number of hydrogen-bond acceptors (Lipinski definition) is 6. The highest BCUT2D eigenvalue weighted by molar-refractivity contribution is 4.99. The Hall–Kier alpha value is -0.240. The first-order valence-corrected chi connectivity index (χ1v) is 7.26. The first-order chi connectivity index (χ1) is 9.31. The van der Waals surface area contributed by atoms with Crippen LogP contribution in [0.2, 0.25) is 0 Å². The van der Waals surface area contributed by atoms with Gasteiger partial charge in [0.1, 0.15) is 24.4 Å². The van der Waals surface area contributed by atoms with E-state index in [1.54, 1.807) is 0 Å². The fourth-order valence-electron chi connectivity index (χ4n) is 3.04. The number of fused-ring (bicyclic) bond motifs is 3. The van der Waals surface area contributed by atoms with Crippen LogP contribution in [0.4, 0.5) is 0 Å². The molecule has 3 fully saturated rings. The third-order valence-electron chi connectivity index (χ3n) is 3.78. The molecule has 116 valence electrons. The summed E-state index contributed by atoms with van der Waals surface area (Å²) in [6.45, 7) is 10.5. The zero-order valence-corrected chi connectivity index (χ0v) is 12.8. The molecular weight excluding hydrogens is 264 g/mol. The Morgan fingerprint density at radius 2 is 1.60 bits per heavy atom. The van der Waals surface area contributed by atoms with Gasteiger partial charge in [-0.15, -0.1) is 0 Å². The average molecular weight is 288 g/mol. The van der Waals surface area contributed by atoms with E-state index < -0.39 is 17.9 Å². The molecule has 0 aromatic rings. The van der Waals surface area contributed by atoms with E-state index in [1.807, 2.05) is 34.6 Å². The lowest BCUT2D eigenvalue weighted by Gasteiger charge is -2.48. The maximum absolute atomic E-state index is 6.03. The topological polar surface area (TPSA) is 55.4 Å². The Labute approximate surface area is 119 Å². The van der Waals surface area contributed by atoms with Crippen molar-refractivity contribution >= 4 is 0 Å². The van der Waals surface area contributed by atoms with Gasteiger partial charge in [-0.2, -0.15) is 0 Å². The van der Waals surface area contributed by atoms with Crippen molar-refractivity contribution in [1.29, 1.82) is 0 Å². The maximum atomic E-state index is 6.03. The van der Waals surface area contributed by atoms with Crippen LogP contribution in [0.1, 0.15) is 34.6 Å². The Morgan fingerprint density at radius 3 is 2.30 bits per heavy atom. The zero-order valence-electron chi connectivity index (χ0n) is 12.8. The lowest BCUT2D eigenvalue weighted by atomic mass is 9.97. The normalized spacial score (nSPS) is 45.8. The second-order valence-electron chi connectivity index (χ2n) is 6.36. The van der Waals surface area contributed by atoms with Gasteiger partial charge in [0.15, 0.2) is 17.9 Å². The van der Waals surface area contributed by atoms with Gasteiger partial charge in [0.25, 0.3) is 0 Å². The lowest BCUT2D eigenvalue weighted by Crippen LogP contribution is -2.63. The van der Waals surface area contributed by atoms with Crippen molar-refractivity contribution in [2.24, 2.45) is 0 Å². The summed E-state index contributed by atoms with van der Waals surface area (Å²) in [5.41, 5.74) is 0. The highest BCUT2D eigenvalue weighted by Gasteiger charge is 2.58. The molecule has 0 bridgehead atoms. The molecule has 3 unspecified atom stereocenters. The summed E-state index contributed by atoms with van der Waals surface area (Å²) >= 11 is 0. The third kappa shape index (κ3) is 2.61. The highest BCUT2D eigenvalue weighted by Crippen LogP contribution is 2.41. The molecule has 0 saturated carbocycles. The van der Waals surface area contributed by atoms with Crippen molar-refractivity contribution in [1.82, 2.24) is 0 Å². The van der Waals surface area contributed by atoms with Gasteiger partial charge in [-0.25, -0.2) is 0 Å². The molecule has 3 heterocycles. The fourth-order valence-corrected chi connectivity index (χ4v) is 3.04. The van der Waals surface area contributed by atoms with Crippen molar-refractivity contribution in [3.05, 3.63) is 0 Å². The van der Waals surface area contributed by atoms with E-state index in [-0.39, 0.29) is 24.4 Å². The SMILES string of the molecule is CCO[C@H]1OC2COC(C)(C)O[C@H]2C2OC(C)(C)OC21. The molecule has 3 aliphatic rings. The van der Waals surface area contributed by atoms with Gasteiger partial charge in [-0.05, 0) is 34.6 Å². The summed E-state index contributed by atoms with van der Waals surface area (Å²) in [6.07, 6.45) is -1.33. The van der Waals surface area contributed by atoms with Crippen molar-refractivity contribution in [2.45, 2.75) is 76.9 Å². The van der Waals surface area contributed by atoms with Crippen molar-refractivity contribution in [2.75, 3.05) is 13.2 Å². The van der Waals surface area contributed by atoms with E-state index in [0.717, 1.165) is 0 Å². The van der Waals surface area contributed by atoms with Crippen LogP contribution >= 0.6 is 0 Å². The van der Waals surface area contributed by atoms with E-state index in [1.165, 1.54) is 0 Å². The Balaban J connectivity index is 1.83. The molecule has 6 heteroatoms. The molecule has 0 amide bonds. The largest absolute Gasteiger partial charge is 0.350 e.